The van der Waals surface area contributed by atoms with E-state index in [0.717, 1.165) is 73.9 Å². The molecule has 0 radical (unpaired) electrons. The Morgan fingerprint density at radius 2 is 1.69 bits per heavy atom. The Kier molecular flexibility index (Phi) is 6.69. The molecule has 0 unspecified atom stereocenters. The zero-order valence-corrected chi connectivity index (χ0v) is 20.0. The summed E-state index contributed by atoms with van der Waals surface area (Å²) < 4.78 is 29.2. The molecule has 188 valence electrons. The summed E-state index contributed by atoms with van der Waals surface area (Å²) in [7, 11) is 1.88. The van der Waals surface area contributed by atoms with E-state index in [9.17, 15) is 18.4 Å². The summed E-state index contributed by atoms with van der Waals surface area (Å²) in [5, 5.41) is 13.7. The van der Waals surface area contributed by atoms with Gasteiger partial charge in [-0.15, -0.1) is 0 Å². The van der Waals surface area contributed by atoms with Crippen LogP contribution in [-0.4, -0.2) is 41.9 Å². The molecule has 2 aromatic carbocycles. The van der Waals surface area contributed by atoms with E-state index in [1.54, 1.807) is 0 Å². The minimum absolute atomic E-state index is 0.139. The SMILES string of the molecule is CNCc1c(NC2CC2)ccc(NC(=O)c2ccc(=O)n(-c3c(F)cccc3F)n2)c1N1CCCC1. The first-order valence-electron chi connectivity index (χ1n) is 12.1. The lowest BCUT2D eigenvalue weighted by Crippen LogP contribution is -2.28. The van der Waals surface area contributed by atoms with Gasteiger partial charge in [0.05, 0.1) is 11.4 Å². The number of anilines is 3. The third-order valence-electron chi connectivity index (χ3n) is 6.43. The first-order valence-corrected chi connectivity index (χ1v) is 12.1. The fourth-order valence-corrected chi connectivity index (χ4v) is 4.55. The Morgan fingerprint density at radius 1 is 1.00 bits per heavy atom. The first-order chi connectivity index (χ1) is 17.5. The number of hydrogen-bond acceptors (Lipinski definition) is 6. The molecule has 2 aliphatic rings. The zero-order chi connectivity index (χ0) is 25.2. The molecule has 8 nitrogen and oxygen atoms in total. The maximum Gasteiger partial charge on any atom is 0.276 e. The van der Waals surface area contributed by atoms with E-state index >= 15 is 0 Å². The molecule has 0 spiro atoms. The maximum absolute atomic E-state index is 14.3. The van der Waals surface area contributed by atoms with Crippen molar-refractivity contribution in [1.82, 2.24) is 15.1 Å². The summed E-state index contributed by atoms with van der Waals surface area (Å²) in [6.45, 7) is 2.37. The van der Waals surface area contributed by atoms with Gasteiger partial charge in [0.25, 0.3) is 11.5 Å². The molecule has 3 N–H and O–H groups in total. The van der Waals surface area contributed by atoms with Gasteiger partial charge in [-0.3, -0.25) is 9.59 Å². The van der Waals surface area contributed by atoms with E-state index in [-0.39, 0.29) is 5.69 Å². The van der Waals surface area contributed by atoms with Crippen LogP contribution in [0.3, 0.4) is 0 Å². The van der Waals surface area contributed by atoms with E-state index in [4.69, 9.17) is 0 Å². The lowest BCUT2D eigenvalue weighted by Gasteiger charge is -2.27. The van der Waals surface area contributed by atoms with E-state index in [1.807, 2.05) is 19.2 Å². The number of carbonyl (C=O) groups excluding carboxylic acids is 1. The second-order valence-electron chi connectivity index (χ2n) is 9.12. The van der Waals surface area contributed by atoms with E-state index in [1.165, 1.54) is 12.1 Å². The quantitative estimate of drug-likeness (QED) is 0.443. The third kappa shape index (κ3) is 4.81. The van der Waals surface area contributed by atoms with Crippen LogP contribution in [0.25, 0.3) is 5.69 Å². The molecule has 1 aromatic heterocycles. The summed E-state index contributed by atoms with van der Waals surface area (Å²) in [5.74, 6) is -2.48. The molecular weight excluding hydrogens is 466 g/mol. The highest BCUT2D eigenvalue weighted by atomic mass is 19.1. The predicted molar refractivity (Wildman–Crippen MR) is 135 cm³/mol. The third-order valence-corrected chi connectivity index (χ3v) is 6.43. The Morgan fingerprint density at radius 3 is 2.36 bits per heavy atom. The summed E-state index contributed by atoms with van der Waals surface area (Å²) in [5.41, 5.74) is 2.14. The van der Waals surface area contributed by atoms with Crippen molar-refractivity contribution in [3.63, 3.8) is 0 Å². The standard InChI is InChI=1S/C26H28F2N6O2/c1-29-15-17-20(30-16-7-8-16)9-10-21(24(17)33-13-2-3-14-33)31-26(36)22-11-12-23(35)34(32-22)25-18(27)5-4-6-19(25)28/h4-6,9-12,16,29-30H,2-3,7-8,13-15H2,1H3,(H,31,36). The van der Waals surface area contributed by atoms with Gasteiger partial charge in [-0.25, -0.2) is 8.78 Å². The molecule has 1 saturated carbocycles. The minimum Gasteiger partial charge on any atom is -0.382 e. The molecule has 1 amide bonds. The predicted octanol–water partition coefficient (Wildman–Crippen LogP) is 3.66. The molecule has 3 aromatic rings. The number of para-hydroxylation sites is 1. The van der Waals surface area contributed by atoms with Crippen LogP contribution in [0, 0.1) is 11.6 Å². The number of hydrogen-bond donors (Lipinski definition) is 3. The van der Waals surface area contributed by atoms with Crippen LogP contribution in [0.4, 0.5) is 25.8 Å². The van der Waals surface area contributed by atoms with Crippen LogP contribution in [-0.2, 0) is 6.54 Å². The minimum atomic E-state index is -0.950. The molecule has 10 heteroatoms. The van der Waals surface area contributed by atoms with Gasteiger partial charge in [0, 0.05) is 43.0 Å². The van der Waals surface area contributed by atoms with Crippen molar-refractivity contribution in [3.8, 4) is 5.69 Å². The second kappa shape index (κ2) is 10.1. The van der Waals surface area contributed by atoms with Crippen LogP contribution >= 0.6 is 0 Å². The van der Waals surface area contributed by atoms with Gasteiger partial charge in [0.15, 0.2) is 11.6 Å². The van der Waals surface area contributed by atoms with Crippen LogP contribution in [0.15, 0.2) is 47.3 Å². The highest BCUT2D eigenvalue weighted by Crippen LogP contribution is 2.39. The fourth-order valence-electron chi connectivity index (χ4n) is 4.55. The summed E-state index contributed by atoms with van der Waals surface area (Å²) >= 11 is 0. The van der Waals surface area contributed by atoms with Gasteiger partial charge < -0.3 is 20.9 Å². The van der Waals surface area contributed by atoms with E-state index in [0.29, 0.717) is 23.0 Å². The Hall–Kier alpha value is -3.79. The molecule has 2 heterocycles. The van der Waals surface area contributed by atoms with Crippen molar-refractivity contribution < 1.29 is 13.6 Å². The number of halogens is 2. The lowest BCUT2D eigenvalue weighted by atomic mass is 10.1. The molecule has 0 atom stereocenters. The second-order valence-corrected chi connectivity index (χ2v) is 9.12. The van der Waals surface area contributed by atoms with Crippen molar-refractivity contribution in [2.45, 2.75) is 38.3 Å². The van der Waals surface area contributed by atoms with Crippen LogP contribution < -0.4 is 26.4 Å². The van der Waals surface area contributed by atoms with Crippen molar-refractivity contribution in [3.05, 3.63) is 75.7 Å². The van der Waals surface area contributed by atoms with Crippen LogP contribution in [0.2, 0.25) is 0 Å². The van der Waals surface area contributed by atoms with Gasteiger partial charge in [-0.2, -0.15) is 9.78 Å². The maximum atomic E-state index is 14.3. The summed E-state index contributed by atoms with van der Waals surface area (Å²) in [6, 6.07) is 9.87. The number of benzene rings is 2. The number of amides is 1. The van der Waals surface area contributed by atoms with Crippen molar-refractivity contribution in [2.75, 3.05) is 35.7 Å². The average Bonchev–Trinajstić information content (AvgIpc) is 3.51. The number of rotatable bonds is 8. The smallest absolute Gasteiger partial charge is 0.276 e. The van der Waals surface area contributed by atoms with Crippen LogP contribution in [0.5, 0.6) is 0 Å². The van der Waals surface area contributed by atoms with Gasteiger partial charge in [-0.1, -0.05) is 6.07 Å². The van der Waals surface area contributed by atoms with E-state index in [2.05, 4.69) is 25.9 Å². The molecule has 0 bridgehead atoms. The monoisotopic (exact) mass is 494 g/mol. The topological polar surface area (TPSA) is 91.3 Å². The molecular formula is C26H28F2N6O2. The molecule has 36 heavy (non-hydrogen) atoms. The van der Waals surface area contributed by atoms with Gasteiger partial charge in [0.2, 0.25) is 0 Å². The van der Waals surface area contributed by atoms with Crippen LogP contribution in [0.1, 0.15) is 41.7 Å². The Bertz CT molecular complexity index is 1330. The highest BCUT2D eigenvalue weighted by Gasteiger charge is 2.27. The van der Waals surface area contributed by atoms with Gasteiger partial charge >= 0.3 is 0 Å². The fraction of sp³-hybridized carbons (Fsp3) is 0.346. The highest BCUT2D eigenvalue weighted by molar-refractivity contribution is 6.05. The zero-order valence-electron chi connectivity index (χ0n) is 20.0. The van der Waals surface area contributed by atoms with Crippen molar-refractivity contribution in [1.29, 1.82) is 0 Å². The number of aromatic nitrogens is 2. The number of nitrogens with zero attached hydrogens (tertiary/aromatic N) is 3. The first kappa shape index (κ1) is 23.9. The largest absolute Gasteiger partial charge is 0.382 e. The Labute approximate surface area is 207 Å². The summed E-state index contributed by atoms with van der Waals surface area (Å²) in [6.07, 6.45) is 4.40. The lowest BCUT2D eigenvalue weighted by molar-refractivity contribution is 0.102. The van der Waals surface area contributed by atoms with Gasteiger partial charge in [0.1, 0.15) is 11.4 Å². The molecule has 5 rings (SSSR count). The number of nitrogens with one attached hydrogen (secondary N) is 3. The molecule has 1 aliphatic heterocycles. The normalized spacial score (nSPS) is 15.2. The van der Waals surface area contributed by atoms with E-state index < -0.39 is 28.8 Å². The molecule has 1 saturated heterocycles. The average molecular weight is 495 g/mol. The van der Waals surface area contributed by atoms with Gasteiger partial charge in [-0.05, 0) is 63.1 Å². The molecule has 2 fully saturated rings. The Balaban J connectivity index is 1.52. The summed E-state index contributed by atoms with van der Waals surface area (Å²) in [4.78, 5) is 27.9. The number of carbonyl (C=O) groups is 1. The molecule has 1 aliphatic carbocycles. The van der Waals surface area contributed by atoms with Crippen molar-refractivity contribution in [2.24, 2.45) is 0 Å². The van der Waals surface area contributed by atoms with Crippen molar-refractivity contribution >= 4 is 23.0 Å².